The number of piperazine rings is 1. The molecule has 0 spiro atoms. The Balaban J connectivity index is 1.28. The van der Waals surface area contributed by atoms with E-state index in [-0.39, 0.29) is 16.6 Å². The number of nitrogens with one attached hydrogen (secondary N) is 2. The number of benzene rings is 2. The minimum Gasteiger partial charge on any atom is -0.494 e. The van der Waals surface area contributed by atoms with Crippen LogP contribution < -0.4 is 15.4 Å². The van der Waals surface area contributed by atoms with Crippen LogP contribution in [0.1, 0.15) is 28.4 Å². The van der Waals surface area contributed by atoms with Crippen LogP contribution in [0.2, 0.25) is 10.0 Å². The number of carbonyl (C=O) groups is 1. The lowest BCUT2D eigenvalue weighted by molar-refractivity contribution is 0.102. The first-order chi connectivity index (χ1) is 19.8. The molecular formula is C29H31BrCl2N6O2S. The predicted octanol–water partition coefficient (Wildman–Crippen LogP) is 7.25. The van der Waals surface area contributed by atoms with Gasteiger partial charge in [-0.3, -0.25) is 4.79 Å². The van der Waals surface area contributed by atoms with Gasteiger partial charge in [-0.05, 0) is 59.1 Å². The first-order valence-corrected chi connectivity index (χ1v) is 15.8. The molecule has 8 nitrogen and oxygen atoms in total. The number of aromatic nitrogens is 2. The van der Waals surface area contributed by atoms with Crippen LogP contribution in [-0.4, -0.2) is 72.1 Å². The number of amides is 1. The number of halogens is 3. The fourth-order valence-electron chi connectivity index (χ4n) is 4.84. The Bertz CT molecular complexity index is 1560. The summed E-state index contributed by atoms with van der Waals surface area (Å²) in [5.41, 5.74) is 4.14. The average Bonchev–Trinajstić information content (AvgIpc) is 3.44. The van der Waals surface area contributed by atoms with Crippen LogP contribution in [0.25, 0.3) is 10.2 Å². The molecule has 1 saturated heterocycles. The zero-order valence-corrected chi connectivity index (χ0v) is 27.0. The molecule has 1 fully saturated rings. The van der Waals surface area contributed by atoms with E-state index in [0.29, 0.717) is 37.7 Å². The van der Waals surface area contributed by atoms with Crippen LogP contribution in [0.4, 0.5) is 17.2 Å². The molecule has 2 N–H and O–H groups in total. The van der Waals surface area contributed by atoms with E-state index in [0.717, 1.165) is 56.1 Å². The summed E-state index contributed by atoms with van der Waals surface area (Å²) < 4.78 is 6.81. The highest BCUT2D eigenvalue weighted by Gasteiger charge is 2.23. The Hall–Kier alpha value is -2.47. The molecule has 0 atom stereocenters. The number of ether oxygens (including phenoxy) is 1. The van der Waals surface area contributed by atoms with Crippen molar-refractivity contribution in [3.8, 4) is 5.75 Å². The summed E-state index contributed by atoms with van der Waals surface area (Å²) in [5, 5.41) is 8.53. The van der Waals surface area contributed by atoms with E-state index in [1.54, 1.807) is 5.38 Å². The number of likely N-dealkylation sites (N-methyl/N-ethyl adjacent to an activating group) is 1. The topological polar surface area (TPSA) is 82.6 Å². The molecule has 2 aromatic heterocycles. The normalized spacial score (nSPS) is 14.4. The molecule has 41 heavy (non-hydrogen) atoms. The highest BCUT2D eigenvalue weighted by atomic mass is 79.9. The number of nitrogens with zero attached hydrogens (tertiary/aromatic N) is 4. The smallest absolute Gasteiger partial charge is 0.258 e. The lowest BCUT2D eigenvalue weighted by Crippen LogP contribution is -2.46. The largest absolute Gasteiger partial charge is 0.494 e. The van der Waals surface area contributed by atoms with Crippen LogP contribution in [0.3, 0.4) is 0 Å². The van der Waals surface area contributed by atoms with Crippen LogP contribution in [-0.2, 0) is 6.42 Å². The monoisotopic (exact) mass is 676 g/mol. The predicted molar refractivity (Wildman–Crippen MR) is 173 cm³/mol. The maximum atomic E-state index is 13.3. The molecule has 3 heterocycles. The zero-order chi connectivity index (χ0) is 29.1. The molecule has 4 aromatic rings. The number of carbonyl (C=O) groups excluding carboxylic acids is 1. The quantitative estimate of drug-likeness (QED) is 0.193. The van der Waals surface area contributed by atoms with Gasteiger partial charge in [0.2, 0.25) is 0 Å². The van der Waals surface area contributed by atoms with Gasteiger partial charge < -0.3 is 25.2 Å². The second-order valence-electron chi connectivity index (χ2n) is 9.83. The molecule has 5 rings (SSSR count). The standard InChI is InChI=1S/C29H31BrCl2N6O2S/c1-4-37-11-13-38(14-12-37)10-9-18-5-7-19(8-6-18)35-28-27-24(33-16-34-28)20(15-41-27)29(39)36-25-22(31)17(2)21(30)26(40-3)23(25)32/h5-8,15-16H,4,9-14H2,1-3H3,(H,36,39)(H,33,34,35). The highest BCUT2D eigenvalue weighted by molar-refractivity contribution is 9.10. The summed E-state index contributed by atoms with van der Waals surface area (Å²) in [6.07, 6.45) is 2.47. The third-order valence-electron chi connectivity index (χ3n) is 7.38. The van der Waals surface area contributed by atoms with Gasteiger partial charge in [0.15, 0.2) is 11.6 Å². The number of methoxy groups -OCH3 is 1. The van der Waals surface area contributed by atoms with Gasteiger partial charge in [-0.25, -0.2) is 9.97 Å². The van der Waals surface area contributed by atoms with Crippen molar-refractivity contribution in [3.63, 3.8) is 0 Å². The van der Waals surface area contributed by atoms with E-state index >= 15 is 0 Å². The van der Waals surface area contributed by atoms with Crippen molar-refractivity contribution in [1.82, 2.24) is 19.8 Å². The lowest BCUT2D eigenvalue weighted by atomic mass is 10.1. The minimum atomic E-state index is -0.381. The number of hydrogen-bond acceptors (Lipinski definition) is 8. The minimum absolute atomic E-state index is 0.211. The number of thiophene rings is 1. The van der Waals surface area contributed by atoms with E-state index in [1.165, 1.54) is 30.3 Å². The van der Waals surface area contributed by atoms with Gasteiger partial charge in [0.05, 0.1) is 38.1 Å². The maximum Gasteiger partial charge on any atom is 0.258 e. The van der Waals surface area contributed by atoms with Crippen molar-refractivity contribution in [1.29, 1.82) is 0 Å². The van der Waals surface area contributed by atoms with E-state index < -0.39 is 0 Å². The van der Waals surface area contributed by atoms with Crippen molar-refractivity contribution in [2.24, 2.45) is 0 Å². The van der Waals surface area contributed by atoms with Gasteiger partial charge >= 0.3 is 0 Å². The van der Waals surface area contributed by atoms with Gasteiger partial charge in [0.1, 0.15) is 11.3 Å². The van der Waals surface area contributed by atoms with Gasteiger partial charge in [0, 0.05) is 43.8 Å². The van der Waals surface area contributed by atoms with E-state index in [2.05, 4.69) is 77.5 Å². The fourth-order valence-corrected chi connectivity index (χ4v) is 7.17. The fraction of sp³-hybridized carbons (Fsp3) is 0.345. The third kappa shape index (κ3) is 6.48. The van der Waals surface area contributed by atoms with Gasteiger partial charge in [0.25, 0.3) is 5.91 Å². The van der Waals surface area contributed by atoms with Gasteiger partial charge in [-0.1, -0.05) is 42.3 Å². The maximum absolute atomic E-state index is 13.3. The first-order valence-electron chi connectivity index (χ1n) is 13.4. The lowest BCUT2D eigenvalue weighted by Gasteiger charge is -2.34. The molecule has 0 bridgehead atoms. The van der Waals surface area contributed by atoms with Crippen molar-refractivity contribution in [2.75, 3.05) is 57.0 Å². The molecule has 0 aliphatic carbocycles. The molecule has 12 heteroatoms. The molecule has 0 radical (unpaired) electrons. The third-order valence-corrected chi connectivity index (χ3v) is 10.1. The van der Waals surface area contributed by atoms with Crippen LogP contribution in [0.15, 0.2) is 40.4 Å². The molecule has 1 aliphatic heterocycles. The Morgan fingerprint density at radius 1 is 1.10 bits per heavy atom. The summed E-state index contributed by atoms with van der Waals surface area (Å²) in [7, 11) is 1.51. The van der Waals surface area contributed by atoms with Crippen LogP contribution >= 0.6 is 50.5 Å². The number of anilines is 3. The molecule has 2 aromatic carbocycles. The summed E-state index contributed by atoms with van der Waals surface area (Å²) in [6, 6.07) is 8.43. The number of hydrogen-bond donors (Lipinski definition) is 2. The molecule has 0 saturated carbocycles. The molecule has 1 amide bonds. The van der Waals surface area contributed by atoms with E-state index in [1.807, 2.05) is 6.92 Å². The average molecular weight is 678 g/mol. The second kappa shape index (κ2) is 13.2. The zero-order valence-electron chi connectivity index (χ0n) is 23.1. The number of fused-ring (bicyclic) bond motifs is 1. The Morgan fingerprint density at radius 3 is 2.49 bits per heavy atom. The van der Waals surface area contributed by atoms with Crippen molar-refractivity contribution in [2.45, 2.75) is 20.3 Å². The van der Waals surface area contributed by atoms with E-state index in [4.69, 9.17) is 27.9 Å². The molecule has 216 valence electrons. The number of rotatable bonds is 9. The molecule has 1 aliphatic rings. The van der Waals surface area contributed by atoms with Crippen LogP contribution in [0, 0.1) is 6.92 Å². The Morgan fingerprint density at radius 2 is 1.80 bits per heavy atom. The molecule has 0 unspecified atom stereocenters. The van der Waals surface area contributed by atoms with Crippen molar-refractivity contribution >= 4 is 83.8 Å². The van der Waals surface area contributed by atoms with Crippen molar-refractivity contribution in [3.05, 3.63) is 67.2 Å². The summed E-state index contributed by atoms with van der Waals surface area (Å²) in [6.45, 7) is 10.8. The highest BCUT2D eigenvalue weighted by Crippen LogP contribution is 2.46. The Labute approximate surface area is 262 Å². The van der Waals surface area contributed by atoms with Gasteiger partial charge in [-0.15, -0.1) is 11.3 Å². The van der Waals surface area contributed by atoms with E-state index in [9.17, 15) is 4.79 Å². The summed E-state index contributed by atoms with van der Waals surface area (Å²) in [5.74, 6) is 0.653. The molecular weight excluding hydrogens is 647 g/mol. The second-order valence-corrected chi connectivity index (χ2v) is 12.3. The first kappa shape index (κ1) is 30.0. The summed E-state index contributed by atoms with van der Waals surface area (Å²) >= 11 is 17.9. The van der Waals surface area contributed by atoms with Crippen molar-refractivity contribution < 1.29 is 9.53 Å². The van der Waals surface area contributed by atoms with Crippen LogP contribution in [0.5, 0.6) is 5.75 Å². The SMILES string of the molecule is CCN1CCN(CCc2ccc(Nc3ncnc4c(C(=O)Nc5c(Cl)c(C)c(Br)c(OC)c5Cl)csc34)cc2)CC1. The Kier molecular flexibility index (Phi) is 9.68. The van der Waals surface area contributed by atoms with Gasteiger partial charge in [-0.2, -0.15) is 0 Å². The summed E-state index contributed by atoms with van der Waals surface area (Å²) in [4.78, 5) is 27.2.